The highest BCUT2D eigenvalue weighted by atomic mass is 32.1. The van der Waals surface area contributed by atoms with Crippen LogP contribution in [0.5, 0.6) is 0 Å². The SMILES string of the molecule is CCCCCCCCNC(=O)C=CC(=O)C(CC)C(S)CCC. The minimum absolute atomic E-state index is 0.00988. The Bertz CT molecular complexity index is 355. The van der Waals surface area contributed by atoms with Crippen LogP contribution in [0.15, 0.2) is 12.2 Å². The maximum absolute atomic E-state index is 12.2. The number of amides is 1. The second-order valence-electron chi connectivity index (χ2n) is 6.17. The number of hydrogen-bond acceptors (Lipinski definition) is 3. The predicted molar refractivity (Wildman–Crippen MR) is 102 cm³/mol. The van der Waals surface area contributed by atoms with Gasteiger partial charge in [-0.25, -0.2) is 0 Å². The van der Waals surface area contributed by atoms with E-state index in [1.54, 1.807) is 0 Å². The molecule has 1 N–H and O–H groups in total. The first-order valence-electron chi connectivity index (χ1n) is 9.24. The molecule has 0 spiro atoms. The summed E-state index contributed by atoms with van der Waals surface area (Å²) in [7, 11) is 0. The average Bonchev–Trinajstić information content (AvgIpc) is 2.53. The van der Waals surface area contributed by atoms with E-state index >= 15 is 0 Å². The quantitative estimate of drug-likeness (QED) is 0.273. The van der Waals surface area contributed by atoms with E-state index in [2.05, 4.69) is 31.8 Å². The van der Waals surface area contributed by atoms with Crippen LogP contribution in [-0.4, -0.2) is 23.5 Å². The molecule has 1 amide bonds. The normalized spacial score (nSPS) is 13.9. The highest BCUT2D eigenvalue weighted by Gasteiger charge is 2.21. The molecule has 0 saturated heterocycles. The molecular weight excluding hydrogens is 306 g/mol. The first-order chi connectivity index (χ1) is 11.1. The highest BCUT2D eigenvalue weighted by Crippen LogP contribution is 2.20. The topological polar surface area (TPSA) is 46.2 Å². The van der Waals surface area contributed by atoms with Crippen LogP contribution in [0.3, 0.4) is 0 Å². The predicted octanol–water partition coefficient (Wildman–Crippen LogP) is 4.71. The molecule has 2 atom stereocenters. The molecule has 0 aliphatic carbocycles. The molecule has 0 rings (SSSR count). The van der Waals surface area contributed by atoms with Crippen LogP contribution in [0.25, 0.3) is 0 Å². The van der Waals surface area contributed by atoms with Gasteiger partial charge in [0.15, 0.2) is 5.78 Å². The molecular formula is C19H35NO2S. The second kappa shape index (κ2) is 14.8. The van der Waals surface area contributed by atoms with E-state index < -0.39 is 0 Å². The van der Waals surface area contributed by atoms with Crippen molar-refractivity contribution in [1.29, 1.82) is 0 Å². The summed E-state index contributed by atoms with van der Waals surface area (Å²) in [5, 5.41) is 2.92. The van der Waals surface area contributed by atoms with Crippen molar-refractivity contribution in [2.45, 2.75) is 83.8 Å². The monoisotopic (exact) mass is 341 g/mol. The molecule has 4 heteroatoms. The van der Waals surface area contributed by atoms with Crippen molar-refractivity contribution in [3.05, 3.63) is 12.2 Å². The Labute approximate surface area is 148 Å². The maximum Gasteiger partial charge on any atom is 0.244 e. The lowest BCUT2D eigenvalue weighted by Gasteiger charge is -2.18. The average molecular weight is 342 g/mol. The molecule has 0 heterocycles. The largest absolute Gasteiger partial charge is 0.353 e. The van der Waals surface area contributed by atoms with Crippen LogP contribution in [0, 0.1) is 5.92 Å². The van der Waals surface area contributed by atoms with Crippen LogP contribution in [-0.2, 0) is 9.59 Å². The van der Waals surface area contributed by atoms with Gasteiger partial charge >= 0.3 is 0 Å². The highest BCUT2D eigenvalue weighted by molar-refractivity contribution is 7.81. The van der Waals surface area contributed by atoms with Gasteiger partial charge in [0.25, 0.3) is 0 Å². The van der Waals surface area contributed by atoms with E-state index in [1.807, 2.05) is 6.92 Å². The summed E-state index contributed by atoms with van der Waals surface area (Å²) in [5.74, 6) is -0.260. The zero-order valence-corrected chi connectivity index (χ0v) is 16.0. The summed E-state index contributed by atoms with van der Waals surface area (Å²) in [6.07, 6.45) is 12.7. The minimum Gasteiger partial charge on any atom is -0.353 e. The van der Waals surface area contributed by atoms with Gasteiger partial charge in [-0.2, -0.15) is 12.6 Å². The molecule has 0 saturated carbocycles. The molecule has 0 aromatic carbocycles. The molecule has 0 radical (unpaired) electrons. The lowest BCUT2D eigenvalue weighted by molar-refractivity contribution is -0.119. The molecule has 23 heavy (non-hydrogen) atoms. The maximum atomic E-state index is 12.2. The zero-order valence-electron chi connectivity index (χ0n) is 15.1. The molecule has 134 valence electrons. The van der Waals surface area contributed by atoms with Crippen molar-refractivity contribution in [3.63, 3.8) is 0 Å². The van der Waals surface area contributed by atoms with Gasteiger partial charge in [0.2, 0.25) is 5.91 Å². The Morgan fingerprint density at radius 2 is 1.61 bits per heavy atom. The smallest absolute Gasteiger partial charge is 0.244 e. The lowest BCUT2D eigenvalue weighted by Crippen LogP contribution is -2.25. The van der Waals surface area contributed by atoms with E-state index in [0.29, 0.717) is 6.54 Å². The Hall–Kier alpha value is -0.770. The Morgan fingerprint density at radius 3 is 2.22 bits per heavy atom. The summed E-state index contributed by atoms with van der Waals surface area (Å²) >= 11 is 4.52. The van der Waals surface area contributed by atoms with Crippen LogP contribution in [0.1, 0.15) is 78.6 Å². The van der Waals surface area contributed by atoms with E-state index in [-0.39, 0.29) is 22.9 Å². The molecule has 3 nitrogen and oxygen atoms in total. The summed E-state index contributed by atoms with van der Waals surface area (Å²) in [5.41, 5.74) is 0. The molecule has 2 unspecified atom stereocenters. The van der Waals surface area contributed by atoms with Crippen molar-refractivity contribution in [2.75, 3.05) is 6.54 Å². The van der Waals surface area contributed by atoms with E-state index in [4.69, 9.17) is 0 Å². The molecule has 0 bridgehead atoms. The van der Waals surface area contributed by atoms with E-state index in [0.717, 1.165) is 32.1 Å². The third-order valence-electron chi connectivity index (χ3n) is 4.08. The third-order valence-corrected chi connectivity index (χ3v) is 4.70. The minimum atomic E-state index is -0.173. The molecule has 0 aliphatic heterocycles. The number of carbonyl (C=O) groups is 2. The van der Waals surface area contributed by atoms with Crippen molar-refractivity contribution in [3.8, 4) is 0 Å². The number of ketones is 1. The van der Waals surface area contributed by atoms with Gasteiger partial charge in [-0.15, -0.1) is 0 Å². The zero-order chi connectivity index (χ0) is 17.5. The lowest BCUT2D eigenvalue weighted by atomic mass is 9.94. The first-order valence-corrected chi connectivity index (χ1v) is 9.76. The second-order valence-corrected chi connectivity index (χ2v) is 6.83. The van der Waals surface area contributed by atoms with Crippen molar-refractivity contribution in [1.82, 2.24) is 5.32 Å². The van der Waals surface area contributed by atoms with Crippen molar-refractivity contribution >= 4 is 24.3 Å². The standard InChI is InChI=1S/C19H35NO2S/c1-4-7-8-9-10-11-15-20-19(22)14-13-17(21)16(6-3)18(23)12-5-2/h13-14,16,18,23H,4-12,15H2,1-3H3,(H,20,22). The molecule has 0 aliphatic rings. The van der Waals surface area contributed by atoms with Gasteiger partial charge in [0, 0.05) is 23.8 Å². The van der Waals surface area contributed by atoms with Crippen LogP contribution < -0.4 is 5.32 Å². The summed E-state index contributed by atoms with van der Waals surface area (Å²) in [6.45, 7) is 6.97. The fourth-order valence-corrected chi connectivity index (χ4v) is 3.23. The first kappa shape index (κ1) is 22.2. The number of thiol groups is 1. The summed E-state index contributed by atoms with van der Waals surface area (Å²) in [6, 6.07) is 0. The fraction of sp³-hybridized carbons (Fsp3) is 0.789. The van der Waals surface area contributed by atoms with Gasteiger partial charge in [-0.1, -0.05) is 59.3 Å². The Morgan fingerprint density at radius 1 is 0.957 bits per heavy atom. The van der Waals surface area contributed by atoms with Crippen LogP contribution >= 0.6 is 12.6 Å². The number of carbonyl (C=O) groups excluding carboxylic acids is 2. The fourth-order valence-electron chi connectivity index (χ4n) is 2.62. The van der Waals surface area contributed by atoms with Crippen molar-refractivity contribution in [2.24, 2.45) is 5.92 Å². The van der Waals surface area contributed by atoms with Crippen LogP contribution in [0.2, 0.25) is 0 Å². The molecule has 0 fully saturated rings. The number of unbranched alkanes of at least 4 members (excludes halogenated alkanes) is 5. The van der Waals surface area contributed by atoms with E-state index in [1.165, 1.54) is 37.8 Å². The number of allylic oxidation sites excluding steroid dienone is 1. The molecule has 0 aromatic heterocycles. The summed E-state index contributed by atoms with van der Waals surface area (Å²) in [4.78, 5) is 23.9. The van der Waals surface area contributed by atoms with Gasteiger partial charge in [0.05, 0.1) is 0 Å². The third kappa shape index (κ3) is 11.4. The summed E-state index contributed by atoms with van der Waals surface area (Å²) < 4.78 is 0. The number of hydrogen-bond donors (Lipinski definition) is 2. The van der Waals surface area contributed by atoms with E-state index in [9.17, 15) is 9.59 Å². The Balaban J connectivity index is 3.98. The Kier molecular flexibility index (Phi) is 14.3. The van der Waals surface area contributed by atoms with Gasteiger partial charge < -0.3 is 5.32 Å². The van der Waals surface area contributed by atoms with Crippen LogP contribution in [0.4, 0.5) is 0 Å². The molecule has 0 aromatic rings. The van der Waals surface area contributed by atoms with Crippen molar-refractivity contribution < 1.29 is 9.59 Å². The van der Waals surface area contributed by atoms with Gasteiger partial charge in [0.1, 0.15) is 0 Å². The number of nitrogens with one attached hydrogen (secondary N) is 1. The number of rotatable bonds is 14. The van der Waals surface area contributed by atoms with Gasteiger partial charge in [-0.05, 0) is 25.3 Å². The van der Waals surface area contributed by atoms with Gasteiger partial charge in [-0.3, -0.25) is 9.59 Å².